The predicted molar refractivity (Wildman–Crippen MR) is 125 cm³/mol. The van der Waals surface area contributed by atoms with E-state index < -0.39 is 38.9 Å². The highest BCUT2D eigenvalue weighted by Crippen LogP contribution is 2.29. The number of halogens is 2. The molecule has 34 heavy (non-hydrogen) atoms. The quantitative estimate of drug-likeness (QED) is 0.341. The van der Waals surface area contributed by atoms with E-state index in [2.05, 4.69) is 5.32 Å². The third kappa shape index (κ3) is 4.25. The number of urea groups is 1. The number of hydrogen-bond acceptors (Lipinski definition) is 7. The first-order valence-electron chi connectivity index (χ1n) is 9.33. The highest BCUT2D eigenvalue weighted by atomic mass is 35.5. The number of hydrogen-bond donors (Lipinski definition) is 3. The molecule has 174 valence electrons. The summed E-state index contributed by atoms with van der Waals surface area (Å²) in [7, 11) is -4.19. The summed E-state index contributed by atoms with van der Waals surface area (Å²) in [5, 5.41) is 12.8. The summed E-state index contributed by atoms with van der Waals surface area (Å²) in [6.07, 6.45) is 0.226. The summed E-state index contributed by atoms with van der Waals surface area (Å²) >= 11 is 6.46. The summed E-state index contributed by atoms with van der Waals surface area (Å²) in [5.74, 6) is -1.52. The molecule has 0 saturated heterocycles. The van der Waals surface area contributed by atoms with Gasteiger partial charge < -0.3 is 10.4 Å². The Morgan fingerprint density at radius 3 is 2.44 bits per heavy atom. The number of pyridine rings is 1. The molecule has 0 unspecified atom stereocenters. The molecule has 0 aliphatic rings. The Bertz CT molecular complexity index is 1630. The Morgan fingerprint density at radius 2 is 1.82 bits per heavy atom. The fraction of sp³-hybridized carbons (Fsp3) is 0. The minimum absolute atomic E-state index is 0.0606. The van der Waals surface area contributed by atoms with Crippen LogP contribution in [0, 0.1) is 5.82 Å². The zero-order valence-corrected chi connectivity index (χ0v) is 19.2. The first-order chi connectivity index (χ1) is 16.1. The van der Waals surface area contributed by atoms with Crippen LogP contribution in [0.5, 0.6) is 5.75 Å². The second-order valence-corrected chi connectivity index (χ2v) is 10.4. The van der Waals surface area contributed by atoms with Gasteiger partial charge in [0.15, 0.2) is 12.0 Å². The highest BCUT2D eigenvalue weighted by Gasteiger charge is 2.22. The van der Waals surface area contributed by atoms with Gasteiger partial charge in [-0.05, 0) is 36.4 Å². The molecule has 3 N–H and O–H groups in total. The van der Waals surface area contributed by atoms with Gasteiger partial charge in [0.1, 0.15) is 15.7 Å². The Hall–Kier alpha value is -3.74. The fourth-order valence-electron chi connectivity index (χ4n) is 3.23. The lowest BCUT2D eigenvalue weighted by atomic mass is 10.1. The maximum atomic E-state index is 15.0. The average Bonchev–Trinajstić information content (AvgIpc) is 3.23. The number of aldehydes is 1. The van der Waals surface area contributed by atoms with E-state index in [0.29, 0.717) is 0 Å². The normalized spacial score (nSPS) is 11.4. The van der Waals surface area contributed by atoms with Crippen LogP contribution in [-0.2, 0) is 10.0 Å². The summed E-state index contributed by atoms with van der Waals surface area (Å²) in [6.45, 7) is 0. The number of benzene rings is 2. The molecule has 4 rings (SSSR count). The van der Waals surface area contributed by atoms with Gasteiger partial charge in [-0.3, -0.25) is 14.2 Å². The number of carbonyl (C=O) groups is 2. The summed E-state index contributed by atoms with van der Waals surface area (Å²) in [6, 6.07) is 10.5. The van der Waals surface area contributed by atoms with Crippen LogP contribution in [0.15, 0.2) is 63.6 Å². The maximum absolute atomic E-state index is 15.0. The molecular weight excluding hydrogens is 509 g/mol. The Labute approximate surface area is 200 Å². The first-order valence-corrected chi connectivity index (χ1v) is 12.0. The molecule has 2 aromatic heterocycles. The van der Waals surface area contributed by atoms with Crippen LogP contribution in [0.3, 0.4) is 0 Å². The van der Waals surface area contributed by atoms with E-state index >= 15 is 0 Å². The smallest absolute Gasteiger partial charge is 0.333 e. The average molecular weight is 522 g/mol. The molecule has 13 heteroatoms. The lowest BCUT2D eigenvalue weighted by Gasteiger charge is -2.15. The number of aromatic hydroxyl groups is 1. The number of fused-ring (bicyclic) bond motifs is 1. The molecule has 2 aromatic carbocycles. The van der Waals surface area contributed by atoms with Gasteiger partial charge in [-0.2, -0.15) is 0 Å². The molecule has 2 heterocycles. The van der Waals surface area contributed by atoms with Crippen LogP contribution in [0.25, 0.3) is 16.5 Å². The SMILES string of the molecule is O=Cc1c(O)c2ccccc2c(=O)n1-c1ccc(NC(=O)NS(=O)(=O)c2ccc(Cl)s2)cc1F. The predicted octanol–water partition coefficient (Wildman–Crippen LogP) is 3.87. The topological polar surface area (TPSA) is 135 Å². The van der Waals surface area contributed by atoms with Gasteiger partial charge in [-0.25, -0.2) is 22.3 Å². The van der Waals surface area contributed by atoms with Gasteiger partial charge in [0.25, 0.3) is 15.6 Å². The van der Waals surface area contributed by atoms with Crippen molar-refractivity contribution in [2.24, 2.45) is 0 Å². The number of aromatic nitrogens is 1. The largest absolute Gasteiger partial charge is 0.505 e. The van der Waals surface area contributed by atoms with E-state index in [1.54, 1.807) is 16.9 Å². The standard InChI is InChI=1S/C21H13ClFN3O6S2/c22-17-7-8-18(33-17)34(31,32)25-21(30)24-11-5-6-15(14(23)9-11)26-16(10-27)19(28)12-3-1-2-4-13(12)20(26)29/h1-10,28H,(H2,24,25,30). The number of sulfonamides is 1. The summed E-state index contributed by atoms with van der Waals surface area (Å²) in [4.78, 5) is 36.7. The second kappa shape index (κ2) is 8.89. The Morgan fingerprint density at radius 1 is 1.12 bits per heavy atom. The van der Waals surface area contributed by atoms with Crippen molar-refractivity contribution in [3.8, 4) is 11.4 Å². The molecule has 0 aliphatic carbocycles. The Kier molecular flexibility index (Phi) is 6.13. The third-order valence-electron chi connectivity index (χ3n) is 4.70. The lowest BCUT2D eigenvalue weighted by Crippen LogP contribution is -2.34. The maximum Gasteiger partial charge on any atom is 0.333 e. The zero-order chi connectivity index (χ0) is 24.6. The molecule has 9 nitrogen and oxygen atoms in total. The van der Waals surface area contributed by atoms with E-state index in [1.807, 2.05) is 0 Å². The summed E-state index contributed by atoms with van der Waals surface area (Å²) in [5.41, 5.74) is -1.70. The van der Waals surface area contributed by atoms with Gasteiger partial charge >= 0.3 is 6.03 Å². The molecule has 0 fully saturated rings. The highest BCUT2D eigenvalue weighted by molar-refractivity contribution is 7.92. The van der Waals surface area contributed by atoms with Crippen molar-refractivity contribution in [1.29, 1.82) is 0 Å². The van der Waals surface area contributed by atoms with Crippen LogP contribution in [-0.4, -0.2) is 30.4 Å². The van der Waals surface area contributed by atoms with Gasteiger partial charge in [-0.1, -0.05) is 29.8 Å². The number of nitrogens with one attached hydrogen (secondary N) is 2. The summed E-state index contributed by atoms with van der Waals surface area (Å²) < 4.78 is 41.9. The number of nitrogens with zero attached hydrogens (tertiary/aromatic N) is 1. The van der Waals surface area contributed by atoms with Gasteiger partial charge in [-0.15, -0.1) is 11.3 Å². The van der Waals surface area contributed by atoms with Crippen LogP contribution in [0.4, 0.5) is 14.9 Å². The monoisotopic (exact) mass is 521 g/mol. The molecule has 0 atom stereocenters. The van der Waals surface area contributed by atoms with Crippen molar-refractivity contribution in [1.82, 2.24) is 9.29 Å². The van der Waals surface area contributed by atoms with Gasteiger partial charge in [0, 0.05) is 11.1 Å². The van der Waals surface area contributed by atoms with E-state index in [0.717, 1.165) is 28.0 Å². The number of rotatable bonds is 5. The van der Waals surface area contributed by atoms with E-state index in [9.17, 15) is 32.3 Å². The molecule has 0 spiro atoms. The van der Waals surface area contributed by atoms with Crippen molar-refractivity contribution in [3.63, 3.8) is 0 Å². The van der Waals surface area contributed by atoms with Gasteiger partial charge in [0.05, 0.1) is 15.4 Å². The number of anilines is 1. The second-order valence-electron chi connectivity index (χ2n) is 6.82. The molecule has 0 saturated carbocycles. The van der Waals surface area contributed by atoms with Crippen LogP contribution < -0.4 is 15.6 Å². The van der Waals surface area contributed by atoms with Gasteiger partial charge in [0.2, 0.25) is 0 Å². The van der Waals surface area contributed by atoms with Crippen LogP contribution >= 0.6 is 22.9 Å². The first kappa shape index (κ1) is 23.4. The zero-order valence-electron chi connectivity index (χ0n) is 16.8. The molecule has 0 radical (unpaired) electrons. The van der Waals surface area contributed by atoms with E-state index in [-0.39, 0.29) is 37.0 Å². The molecule has 2 amide bonds. The molecule has 0 bridgehead atoms. The van der Waals surface area contributed by atoms with Crippen molar-refractivity contribution in [2.45, 2.75) is 4.21 Å². The number of thiophene rings is 1. The fourth-order valence-corrected chi connectivity index (χ4v) is 5.62. The van der Waals surface area contributed by atoms with Crippen molar-refractivity contribution >= 4 is 61.7 Å². The molecular formula is C21H13ClFN3O6S2. The van der Waals surface area contributed by atoms with Crippen molar-refractivity contribution in [3.05, 3.63) is 80.8 Å². The number of carbonyl (C=O) groups excluding carboxylic acids is 2. The molecule has 0 aliphatic heterocycles. The van der Waals surface area contributed by atoms with Crippen LogP contribution in [0.2, 0.25) is 4.34 Å². The minimum Gasteiger partial charge on any atom is -0.505 e. The number of amides is 2. The van der Waals surface area contributed by atoms with Crippen molar-refractivity contribution in [2.75, 3.05) is 5.32 Å². The van der Waals surface area contributed by atoms with Crippen LogP contribution in [0.1, 0.15) is 10.5 Å². The molecule has 4 aromatic rings. The van der Waals surface area contributed by atoms with Crippen molar-refractivity contribution < 1.29 is 27.5 Å². The minimum atomic E-state index is -4.19. The Balaban J connectivity index is 1.67. The van der Waals surface area contributed by atoms with E-state index in [4.69, 9.17) is 11.6 Å². The third-order valence-corrected chi connectivity index (χ3v) is 7.75. The van der Waals surface area contributed by atoms with E-state index in [1.165, 1.54) is 30.3 Å². The lowest BCUT2D eigenvalue weighted by molar-refractivity contribution is 0.111.